The van der Waals surface area contributed by atoms with Gasteiger partial charge in [0.2, 0.25) is 0 Å². The van der Waals surface area contributed by atoms with Gasteiger partial charge in [0.25, 0.3) is 0 Å². The average molecular weight is 235 g/mol. The Hall–Kier alpha value is -1.02. The van der Waals surface area contributed by atoms with Gasteiger partial charge in [-0.15, -0.1) is 0 Å². The summed E-state index contributed by atoms with van der Waals surface area (Å²) in [5, 5.41) is 3.60. The highest BCUT2D eigenvalue weighted by Gasteiger charge is 2.11. The lowest BCUT2D eigenvalue weighted by atomic mass is 10.0. The average Bonchev–Trinajstić information content (AvgIpc) is 2.32. The molecule has 0 amide bonds. The van der Waals surface area contributed by atoms with Gasteiger partial charge in [0.1, 0.15) is 5.75 Å². The molecule has 0 radical (unpaired) electrons. The van der Waals surface area contributed by atoms with Crippen LogP contribution < -0.4 is 10.1 Å². The lowest BCUT2D eigenvalue weighted by molar-refractivity contribution is 0.331. The van der Waals surface area contributed by atoms with Crippen molar-refractivity contribution in [1.29, 1.82) is 0 Å². The van der Waals surface area contributed by atoms with E-state index in [0.29, 0.717) is 12.0 Å². The summed E-state index contributed by atoms with van der Waals surface area (Å²) in [5.41, 5.74) is 1.24. The number of rotatable bonds is 7. The molecular weight excluding hydrogens is 210 g/mol. The van der Waals surface area contributed by atoms with Crippen LogP contribution in [0.1, 0.15) is 39.7 Å². The van der Waals surface area contributed by atoms with Crippen LogP contribution in [0.25, 0.3) is 0 Å². The van der Waals surface area contributed by atoms with Gasteiger partial charge in [-0.1, -0.05) is 39.0 Å². The van der Waals surface area contributed by atoms with Crippen LogP contribution in [0.5, 0.6) is 5.75 Å². The van der Waals surface area contributed by atoms with Crippen LogP contribution in [0.2, 0.25) is 0 Å². The molecule has 0 spiro atoms. The van der Waals surface area contributed by atoms with E-state index >= 15 is 0 Å². The van der Waals surface area contributed by atoms with Crippen LogP contribution in [0.4, 0.5) is 0 Å². The third-order valence-corrected chi connectivity index (χ3v) is 3.07. The fourth-order valence-electron chi connectivity index (χ4n) is 2.04. The fraction of sp³-hybridized carbons (Fsp3) is 0.600. The first-order valence-corrected chi connectivity index (χ1v) is 6.63. The molecule has 17 heavy (non-hydrogen) atoms. The van der Waals surface area contributed by atoms with Crippen LogP contribution in [0.15, 0.2) is 24.3 Å². The van der Waals surface area contributed by atoms with E-state index in [-0.39, 0.29) is 0 Å². The standard InChI is InChI=1S/C15H25NO/c1-5-14(12(3)4)16-11-13-9-7-8-10-15(13)17-6-2/h7-10,12,14,16H,5-6,11H2,1-4H3. The Morgan fingerprint density at radius 1 is 1.18 bits per heavy atom. The summed E-state index contributed by atoms with van der Waals surface area (Å²) in [4.78, 5) is 0. The molecule has 0 aliphatic carbocycles. The Labute approximate surface area is 105 Å². The summed E-state index contributed by atoms with van der Waals surface area (Å²) in [6, 6.07) is 8.83. The second-order valence-corrected chi connectivity index (χ2v) is 4.68. The van der Waals surface area contributed by atoms with E-state index in [1.165, 1.54) is 5.56 Å². The molecule has 1 aromatic rings. The van der Waals surface area contributed by atoms with Crippen molar-refractivity contribution in [3.63, 3.8) is 0 Å². The molecule has 1 atom stereocenters. The Kier molecular flexibility index (Phi) is 6.06. The van der Waals surface area contributed by atoms with E-state index in [1.54, 1.807) is 0 Å². The molecule has 2 nitrogen and oxygen atoms in total. The SMILES string of the molecule is CCOc1ccccc1CNC(CC)C(C)C. The summed E-state index contributed by atoms with van der Waals surface area (Å²) in [7, 11) is 0. The Bertz CT molecular complexity index is 322. The Morgan fingerprint density at radius 3 is 2.47 bits per heavy atom. The third-order valence-electron chi connectivity index (χ3n) is 3.07. The molecular formula is C15H25NO. The lowest BCUT2D eigenvalue weighted by Crippen LogP contribution is -2.32. The molecule has 1 rings (SSSR count). The predicted molar refractivity (Wildman–Crippen MR) is 73.4 cm³/mol. The van der Waals surface area contributed by atoms with Crippen molar-refractivity contribution in [2.45, 2.75) is 46.7 Å². The van der Waals surface area contributed by atoms with Gasteiger partial charge in [0.15, 0.2) is 0 Å². The van der Waals surface area contributed by atoms with Gasteiger partial charge in [-0.25, -0.2) is 0 Å². The molecule has 0 bridgehead atoms. The summed E-state index contributed by atoms with van der Waals surface area (Å²) in [6.07, 6.45) is 1.16. The molecule has 96 valence electrons. The minimum Gasteiger partial charge on any atom is -0.494 e. The normalized spacial score (nSPS) is 12.8. The van der Waals surface area contributed by atoms with Gasteiger partial charge in [-0.05, 0) is 25.3 Å². The molecule has 0 heterocycles. The first kappa shape index (κ1) is 14.0. The fourth-order valence-corrected chi connectivity index (χ4v) is 2.04. The van der Waals surface area contributed by atoms with Crippen molar-refractivity contribution in [2.75, 3.05) is 6.61 Å². The highest BCUT2D eigenvalue weighted by molar-refractivity contribution is 5.33. The lowest BCUT2D eigenvalue weighted by Gasteiger charge is -2.21. The van der Waals surface area contributed by atoms with Crippen LogP contribution >= 0.6 is 0 Å². The van der Waals surface area contributed by atoms with Crippen molar-refractivity contribution >= 4 is 0 Å². The van der Waals surface area contributed by atoms with Crippen LogP contribution in [-0.2, 0) is 6.54 Å². The van der Waals surface area contributed by atoms with E-state index in [0.717, 1.165) is 25.3 Å². The van der Waals surface area contributed by atoms with Gasteiger partial charge in [-0.3, -0.25) is 0 Å². The molecule has 1 N–H and O–H groups in total. The number of hydrogen-bond donors (Lipinski definition) is 1. The first-order valence-electron chi connectivity index (χ1n) is 6.63. The maximum Gasteiger partial charge on any atom is 0.123 e. The molecule has 2 heteroatoms. The van der Waals surface area contributed by atoms with Crippen LogP contribution in [0.3, 0.4) is 0 Å². The Balaban J connectivity index is 2.61. The van der Waals surface area contributed by atoms with Crippen molar-refractivity contribution < 1.29 is 4.74 Å². The van der Waals surface area contributed by atoms with Crippen molar-refractivity contribution in [3.8, 4) is 5.75 Å². The second kappa shape index (κ2) is 7.33. The van der Waals surface area contributed by atoms with Gasteiger partial charge in [0, 0.05) is 18.2 Å². The number of para-hydroxylation sites is 1. The molecule has 0 aliphatic heterocycles. The summed E-state index contributed by atoms with van der Waals surface area (Å²) < 4.78 is 5.62. The molecule has 1 aromatic carbocycles. The molecule has 1 unspecified atom stereocenters. The molecule has 0 aromatic heterocycles. The molecule has 0 saturated carbocycles. The second-order valence-electron chi connectivity index (χ2n) is 4.68. The largest absolute Gasteiger partial charge is 0.494 e. The highest BCUT2D eigenvalue weighted by Crippen LogP contribution is 2.18. The van der Waals surface area contributed by atoms with Crippen LogP contribution in [-0.4, -0.2) is 12.6 Å². The maximum atomic E-state index is 5.62. The van der Waals surface area contributed by atoms with Crippen molar-refractivity contribution in [3.05, 3.63) is 29.8 Å². The smallest absolute Gasteiger partial charge is 0.123 e. The van der Waals surface area contributed by atoms with Crippen molar-refractivity contribution in [1.82, 2.24) is 5.32 Å². The van der Waals surface area contributed by atoms with E-state index < -0.39 is 0 Å². The number of benzene rings is 1. The summed E-state index contributed by atoms with van der Waals surface area (Å²) in [5.74, 6) is 1.67. The van der Waals surface area contributed by atoms with Gasteiger partial charge in [0.05, 0.1) is 6.61 Å². The highest BCUT2D eigenvalue weighted by atomic mass is 16.5. The van der Waals surface area contributed by atoms with E-state index in [2.05, 4.69) is 38.2 Å². The zero-order valence-corrected chi connectivity index (χ0v) is 11.5. The van der Waals surface area contributed by atoms with Gasteiger partial charge >= 0.3 is 0 Å². The molecule has 0 fully saturated rings. The number of hydrogen-bond acceptors (Lipinski definition) is 2. The minimum absolute atomic E-state index is 0.574. The van der Waals surface area contributed by atoms with E-state index in [4.69, 9.17) is 4.74 Å². The van der Waals surface area contributed by atoms with E-state index in [9.17, 15) is 0 Å². The zero-order valence-electron chi connectivity index (χ0n) is 11.5. The number of ether oxygens (including phenoxy) is 1. The summed E-state index contributed by atoms with van der Waals surface area (Å²) >= 11 is 0. The minimum atomic E-state index is 0.574. The zero-order chi connectivity index (χ0) is 12.7. The maximum absolute atomic E-state index is 5.62. The van der Waals surface area contributed by atoms with Crippen molar-refractivity contribution in [2.24, 2.45) is 5.92 Å². The monoisotopic (exact) mass is 235 g/mol. The van der Waals surface area contributed by atoms with Gasteiger partial charge < -0.3 is 10.1 Å². The first-order chi connectivity index (χ1) is 8.19. The van der Waals surface area contributed by atoms with E-state index in [1.807, 2.05) is 19.1 Å². The topological polar surface area (TPSA) is 21.3 Å². The molecule has 0 aliphatic rings. The Morgan fingerprint density at radius 2 is 1.88 bits per heavy atom. The van der Waals surface area contributed by atoms with Gasteiger partial charge in [-0.2, -0.15) is 0 Å². The quantitative estimate of drug-likeness (QED) is 0.779. The molecule has 0 saturated heterocycles. The number of nitrogens with one attached hydrogen (secondary N) is 1. The predicted octanol–water partition coefficient (Wildman–Crippen LogP) is 3.61. The third kappa shape index (κ3) is 4.39. The van der Waals surface area contributed by atoms with Crippen LogP contribution in [0, 0.1) is 5.92 Å². The summed E-state index contributed by atoms with van der Waals surface area (Å²) in [6.45, 7) is 10.4.